The molecule has 1 aliphatic heterocycles. The van der Waals surface area contributed by atoms with Crippen molar-refractivity contribution in [2.24, 2.45) is 5.73 Å². The van der Waals surface area contributed by atoms with Crippen LogP contribution in [0.1, 0.15) is 11.6 Å². The lowest BCUT2D eigenvalue weighted by atomic mass is 9.88. The Balaban J connectivity index is 1.96. The van der Waals surface area contributed by atoms with Crippen LogP contribution in [0.3, 0.4) is 0 Å². The van der Waals surface area contributed by atoms with Gasteiger partial charge < -0.3 is 15.4 Å². The summed E-state index contributed by atoms with van der Waals surface area (Å²) in [5.41, 5.74) is 7.72. The monoisotopic (exact) mass is 302 g/mol. The molecule has 0 aromatic heterocycles. The molecular formula is C16H15ClN2O2. The summed E-state index contributed by atoms with van der Waals surface area (Å²) in [4.78, 5) is 13.8. The van der Waals surface area contributed by atoms with E-state index in [-0.39, 0.29) is 11.9 Å². The lowest BCUT2D eigenvalue weighted by Gasteiger charge is -2.45. The van der Waals surface area contributed by atoms with Crippen LogP contribution in [0, 0.1) is 0 Å². The Bertz CT molecular complexity index is 672. The van der Waals surface area contributed by atoms with Gasteiger partial charge in [0.15, 0.2) is 0 Å². The molecule has 0 spiro atoms. The molecule has 1 amide bonds. The number of hydrogen-bond acceptors (Lipinski definition) is 3. The summed E-state index contributed by atoms with van der Waals surface area (Å²) < 4.78 is 5.21. The van der Waals surface area contributed by atoms with E-state index in [1.807, 2.05) is 36.4 Å². The van der Waals surface area contributed by atoms with E-state index in [4.69, 9.17) is 22.1 Å². The van der Waals surface area contributed by atoms with Crippen molar-refractivity contribution >= 4 is 23.2 Å². The zero-order valence-electron chi connectivity index (χ0n) is 11.5. The van der Waals surface area contributed by atoms with E-state index in [0.29, 0.717) is 10.8 Å². The molecule has 1 fully saturated rings. The fourth-order valence-corrected chi connectivity index (χ4v) is 2.70. The summed E-state index contributed by atoms with van der Waals surface area (Å²) in [6.07, 6.45) is 0. The zero-order valence-corrected chi connectivity index (χ0v) is 12.2. The van der Waals surface area contributed by atoms with Crippen LogP contribution < -0.4 is 15.4 Å². The molecule has 5 heteroatoms. The van der Waals surface area contributed by atoms with E-state index in [1.165, 1.54) is 0 Å². The molecule has 0 aliphatic carbocycles. The van der Waals surface area contributed by atoms with E-state index in [1.54, 1.807) is 24.1 Å². The van der Waals surface area contributed by atoms with Crippen LogP contribution in [0.15, 0.2) is 48.5 Å². The van der Waals surface area contributed by atoms with E-state index in [0.717, 1.165) is 11.3 Å². The number of halogens is 1. The molecule has 0 saturated carbocycles. The normalized spacial score (nSPS) is 21.1. The van der Waals surface area contributed by atoms with Crippen molar-refractivity contribution in [2.45, 2.75) is 12.1 Å². The lowest BCUT2D eigenvalue weighted by Crippen LogP contribution is -2.63. The summed E-state index contributed by atoms with van der Waals surface area (Å²) >= 11 is 5.91. The maximum absolute atomic E-state index is 12.1. The van der Waals surface area contributed by atoms with Gasteiger partial charge in [0.25, 0.3) is 0 Å². The topological polar surface area (TPSA) is 55.6 Å². The maximum atomic E-state index is 12.1. The first-order valence-corrected chi connectivity index (χ1v) is 6.98. The molecule has 0 unspecified atom stereocenters. The van der Waals surface area contributed by atoms with Crippen LogP contribution in [0.4, 0.5) is 5.69 Å². The number of amides is 1. The van der Waals surface area contributed by atoms with Gasteiger partial charge in [-0.2, -0.15) is 0 Å². The first-order valence-electron chi connectivity index (χ1n) is 6.60. The Labute approximate surface area is 128 Å². The Kier molecular flexibility index (Phi) is 3.57. The molecule has 2 aromatic rings. The number of ether oxygens (including phenoxy) is 1. The van der Waals surface area contributed by atoms with Gasteiger partial charge in [0, 0.05) is 16.8 Å². The number of β-lactam (4-membered cyclic amide) rings is 1. The minimum absolute atomic E-state index is 0.0943. The number of carbonyl (C=O) groups is 1. The molecule has 2 N–H and O–H groups in total. The third-order valence-electron chi connectivity index (χ3n) is 3.68. The smallest absolute Gasteiger partial charge is 0.247 e. The third-order valence-corrected chi connectivity index (χ3v) is 3.94. The Morgan fingerprint density at radius 1 is 1.19 bits per heavy atom. The molecule has 2 aromatic carbocycles. The first kappa shape index (κ1) is 13.9. The SMILES string of the molecule is COc1cccc(N2C(=O)[C@H](N)[C@@H]2c2ccc(Cl)cc2)c1. The average molecular weight is 303 g/mol. The average Bonchev–Trinajstić information content (AvgIpc) is 2.52. The van der Waals surface area contributed by atoms with E-state index in [9.17, 15) is 4.79 Å². The largest absolute Gasteiger partial charge is 0.497 e. The van der Waals surface area contributed by atoms with Gasteiger partial charge >= 0.3 is 0 Å². The van der Waals surface area contributed by atoms with Crippen molar-refractivity contribution < 1.29 is 9.53 Å². The fourth-order valence-electron chi connectivity index (χ4n) is 2.58. The summed E-state index contributed by atoms with van der Waals surface area (Å²) in [5.74, 6) is 0.610. The summed E-state index contributed by atoms with van der Waals surface area (Å²) in [7, 11) is 1.60. The predicted molar refractivity (Wildman–Crippen MR) is 82.6 cm³/mol. The standard InChI is InChI=1S/C16H15ClN2O2/c1-21-13-4-2-3-12(9-13)19-15(14(18)16(19)20)10-5-7-11(17)8-6-10/h2-9,14-15H,18H2,1H3/t14-,15+/m1/s1. The quantitative estimate of drug-likeness (QED) is 0.887. The molecule has 2 atom stereocenters. The van der Waals surface area contributed by atoms with E-state index < -0.39 is 6.04 Å². The molecule has 108 valence electrons. The molecule has 1 saturated heterocycles. The van der Waals surface area contributed by atoms with Gasteiger partial charge in [-0.3, -0.25) is 4.79 Å². The molecule has 3 rings (SSSR count). The zero-order chi connectivity index (χ0) is 15.0. The molecule has 1 heterocycles. The van der Waals surface area contributed by atoms with Crippen molar-refractivity contribution in [3.8, 4) is 5.75 Å². The molecule has 1 aliphatic rings. The van der Waals surface area contributed by atoms with Crippen LogP contribution in [0.25, 0.3) is 0 Å². The van der Waals surface area contributed by atoms with Crippen molar-refractivity contribution in [3.05, 3.63) is 59.1 Å². The van der Waals surface area contributed by atoms with E-state index >= 15 is 0 Å². The number of rotatable bonds is 3. The number of anilines is 1. The van der Waals surface area contributed by atoms with Gasteiger partial charge in [0.05, 0.1) is 13.2 Å². The lowest BCUT2D eigenvalue weighted by molar-refractivity contribution is -0.126. The van der Waals surface area contributed by atoms with Crippen LogP contribution in [-0.4, -0.2) is 19.1 Å². The van der Waals surface area contributed by atoms with Gasteiger partial charge in [0.2, 0.25) is 5.91 Å². The highest BCUT2D eigenvalue weighted by atomic mass is 35.5. The van der Waals surface area contributed by atoms with Crippen LogP contribution in [0.2, 0.25) is 5.02 Å². The predicted octanol–water partition coefficient (Wildman–Crippen LogP) is 2.76. The van der Waals surface area contributed by atoms with Gasteiger partial charge in [0.1, 0.15) is 11.8 Å². The Morgan fingerprint density at radius 2 is 1.90 bits per heavy atom. The minimum Gasteiger partial charge on any atom is -0.497 e. The maximum Gasteiger partial charge on any atom is 0.247 e. The third kappa shape index (κ3) is 2.37. The number of methoxy groups -OCH3 is 1. The molecule has 0 radical (unpaired) electrons. The molecular weight excluding hydrogens is 288 g/mol. The number of nitrogens with zero attached hydrogens (tertiary/aromatic N) is 1. The second-order valence-electron chi connectivity index (χ2n) is 4.93. The van der Waals surface area contributed by atoms with Gasteiger partial charge in [-0.1, -0.05) is 29.8 Å². The highest BCUT2D eigenvalue weighted by Crippen LogP contribution is 2.39. The molecule has 4 nitrogen and oxygen atoms in total. The number of carbonyl (C=O) groups excluding carboxylic acids is 1. The molecule has 21 heavy (non-hydrogen) atoms. The number of benzene rings is 2. The van der Waals surface area contributed by atoms with Crippen LogP contribution in [-0.2, 0) is 4.79 Å². The van der Waals surface area contributed by atoms with Gasteiger partial charge in [-0.15, -0.1) is 0 Å². The summed E-state index contributed by atoms with van der Waals surface area (Å²) in [6.45, 7) is 0. The van der Waals surface area contributed by atoms with Crippen molar-refractivity contribution in [2.75, 3.05) is 12.0 Å². The Morgan fingerprint density at radius 3 is 2.57 bits per heavy atom. The summed E-state index contributed by atoms with van der Waals surface area (Å²) in [6, 6.07) is 14.1. The van der Waals surface area contributed by atoms with Gasteiger partial charge in [-0.25, -0.2) is 0 Å². The number of nitrogens with two attached hydrogens (primary N) is 1. The van der Waals surface area contributed by atoms with E-state index in [2.05, 4.69) is 0 Å². The van der Waals surface area contributed by atoms with Crippen molar-refractivity contribution in [1.82, 2.24) is 0 Å². The summed E-state index contributed by atoms with van der Waals surface area (Å²) in [5, 5.41) is 0.658. The fraction of sp³-hybridized carbons (Fsp3) is 0.188. The first-order chi connectivity index (χ1) is 10.1. The number of hydrogen-bond donors (Lipinski definition) is 1. The van der Waals surface area contributed by atoms with Gasteiger partial charge in [-0.05, 0) is 29.8 Å². The second-order valence-corrected chi connectivity index (χ2v) is 5.37. The van der Waals surface area contributed by atoms with Crippen molar-refractivity contribution in [1.29, 1.82) is 0 Å². The molecule has 0 bridgehead atoms. The minimum atomic E-state index is -0.530. The van der Waals surface area contributed by atoms with Crippen LogP contribution in [0.5, 0.6) is 5.75 Å². The second kappa shape index (κ2) is 5.39. The Hall–Kier alpha value is -2.04. The highest BCUT2D eigenvalue weighted by molar-refractivity contribution is 6.30. The highest BCUT2D eigenvalue weighted by Gasteiger charge is 2.46. The van der Waals surface area contributed by atoms with Crippen molar-refractivity contribution in [3.63, 3.8) is 0 Å². The van der Waals surface area contributed by atoms with Crippen LogP contribution >= 0.6 is 11.6 Å².